The van der Waals surface area contributed by atoms with Crippen molar-refractivity contribution >= 4 is 23.6 Å². The topological polar surface area (TPSA) is 55.8 Å². The molecule has 0 saturated carbocycles. The maximum absolute atomic E-state index is 13.3. The van der Waals surface area contributed by atoms with E-state index in [0.717, 1.165) is 6.08 Å². The van der Waals surface area contributed by atoms with Gasteiger partial charge in [-0.05, 0) is 35.9 Å². The van der Waals surface area contributed by atoms with Crippen molar-refractivity contribution in [2.24, 2.45) is 0 Å². The van der Waals surface area contributed by atoms with Crippen LogP contribution in [-0.2, 0) is 4.79 Å². The summed E-state index contributed by atoms with van der Waals surface area (Å²) in [5, 5.41) is 9.36. The third kappa shape index (κ3) is 3.35. The van der Waals surface area contributed by atoms with Gasteiger partial charge in [0.15, 0.2) is 0 Å². The molecule has 0 spiro atoms. The Balaban J connectivity index is 2.22. The number of fused-ring (bicyclic) bond motifs is 1. The van der Waals surface area contributed by atoms with Crippen LogP contribution in [-0.4, -0.2) is 30.5 Å². The Labute approximate surface area is 151 Å². The maximum Gasteiger partial charge on any atom is 0.430 e. The number of ether oxygens (including phenoxy) is 2. The van der Waals surface area contributed by atoms with Crippen molar-refractivity contribution < 1.29 is 32.5 Å². The number of methoxy groups -OCH3 is 1. The van der Waals surface area contributed by atoms with Crippen molar-refractivity contribution in [3.63, 3.8) is 0 Å². The summed E-state index contributed by atoms with van der Waals surface area (Å²) in [6, 6.07) is 9.45. The van der Waals surface area contributed by atoms with E-state index in [-0.39, 0.29) is 16.3 Å². The highest BCUT2D eigenvalue weighted by molar-refractivity contribution is 6.31. The number of halogens is 4. The molecule has 0 radical (unpaired) electrons. The van der Waals surface area contributed by atoms with E-state index < -0.39 is 23.8 Å². The largest absolute Gasteiger partial charge is 0.497 e. The summed E-state index contributed by atoms with van der Waals surface area (Å²) in [7, 11) is 1.46. The number of alkyl halides is 3. The predicted molar refractivity (Wildman–Crippen MR) is 89.5 cm³/mol. The first-order valence-corrected chi connectivity index (χ1v) is 7.74. The first-order chi connectivity index (χ1) is 12.2. The van der Waals surface area contributed by atoms with Gasteiger partial charge in [-0.25, -0.2) is 4.79 Å². The number of hydrogen-bond donors (Lipinski definition) is 1. The quantitative estimate of drug-likeness (QED) is 0.825. The average Bonchev–Trinajstić information content (AvgIpc) is 2.59. The standard InChI is InChI=1S/C18H12ClF3O4/c1-25-12-4-2-3-9(6-12)13-8-11(19)5-10-7-14(17(23)24)16(18(20,21)22)26-15(10)13/h2-8,16H,1H3,(H,23,24)/t16-/m0/s1. The van der Waals surface area contributed by atoms with E-state index >= 15 is 0 Å². The molecule has 1 N–H and O–H groups in total. The smallest absolute Gasteiger partial charge is 0.430 e. The van der Waals surface area contributed by atoms with E-state index in [4.69, 9.17) is 26.2 Å². The lowest BCUT2D eigenvalue weighted by Gasteiger charge is -2.28. The molecule has 8 heteroatoms. The molecule has 136 valence electrons. The SMILES string of the molecule is COc1cccc(-c2cc(Cl)cc3c2O[C@H](C(F)(F)F)C(C(=O)O)=C3)c1. The zero-order valence-corrected chi connectivity index (χ0v) is 14.1. The van der Waals surface area contributed by atoms with E-state index in [9.17, 15) is 18.0 Å². The number of carboxylic acids is 1. The molecule has 1 aliphatic rings. The zero-order valence-electron chi connectivity index (χ0n) is 13.3. The van der Waals surface area contributed by atoms with Gasteiger partial charge >= 0.3 is 12.1 Å². The van der Waals surface area contributed by atoms with E-state index in [1.165, 1.54) is 19.2 Å². The van der Waals surface area contributed by atoms with Crippen LogP contribution in [0, 0.1) is 0 Å². The van der Waals surface area contributed by atoms with Crippen molar-refractivity contribution in [3.05, 3.63) is 52.6 Å². The fraction of sp³-hybridized carbons (Fsp3) is 0.167. The lowest BCUT2D eigenvalue weighted by Crippen LogP contribution is -2.40. The highest BCUT2D eigenvalue weighted by Crippen LogP contribution is 2.44. The molecular formula is C18H12ClF3O4. The molecule has 0 saturated heterocycles. The van der Waals surface area contributed by atoms with Gasteiger partial charge in [-0.2, -0.15) is 13.2 Å². The molecule has 0 fully saturated rings. The van der Waals surface area contributed by atoms with Crippen LogP contribution >= 0.6 is 11.6 Å². The molecule has 2 aromatic rings. The van der Waals surface area contributed by atoms with Gasteiger partial charge in [0.25, 0.3) is 0 Å². The molecule has 0 aliphatic carbocycles. The monoisotopic (exact) mass is 384 g/mol. The number of rotatable bonds is 3. The van der Waals surface area contributed by atoms with Gasteiger partial charge in [-0.3, -0.25) is 0 Å². The molecule has 1 heterocycles. The Morgan fingerprint density at radius 2 is 2.00 bits per heavy atom. The van der Waals surface area contributed by atoms with Gasteiger partial charge in [0.1, 0.15) is 11.5 Å². The van der Waals surface area contributed by atoms with E-state index in [2.05, 4.69) is 0 Å². The second-order valence-corrected chi connectivity index (χ2v) is 5.98. The van der Waals surface area contributed by atoms with Crippen LogP contribution in [0.25, 0.3) is 17.2 Å². The molecule has 0 aromatic heterocycles. The van der Waals surface area contributed by atoms with E-state index in [0.29, 0.717) is 16.9 Å². The van der Waals surface area contributed by atoms with Crippen LogP contribution in [0.15, 0.2) is 42.0 Å². The highest BCUT2D eigenvalue weighted by atomic mass is 35.5. The second kappa shape index (κ2) is 6.57. The normalized spacial score (nSPS) is 16.3. The summed E-state index contributed by atoms with van der Waals surface area (Å²) in [4.78, 5) is 11.2. The van der Waals surface area contributed by atoms with Crippen molar-refractivity contribution in [3.8, 4) is 22.6 Å². The Bertz CT molecular complexity index is 906. The van der Waals surface area contributed by atoms with Gasteiger partial charge in [0.05, 0.1) is 12.7 Å². The van der Waals surface area contributed by atoms with Crippen LogP contribution in [0.4, 0.5) is 13.2 Å². The van der Waals surface area contributed by atoms with Crippen LogP contribution in [0.2, 0.25) is 5.02 Å². The third-order valence-electron chi connectivity index (χ3n) is 3.84. The van der Waals surface area contributed by atoms with Crippen molar-refractivity contribution in [1.82, 2.24) is 0 Å². The minimum Gasteiger partial charge on any atom is -0.497 e. The van der Waals surface area contributed by atoms with Crippen LogP contribution < -0.4 is 9.47 Å². The molecule has 4 nitrogen and oxygen atoms in total. The molecule has 26 heavy (non-hydrogen) atoms. The number of carboxylic acid groups (broad SMARTS) is 1. The Morgan fingerprint density at radius 3 is 2.62 bits per heavy atom. The van der Waals surface area contributed by atoms with Gasteiger partial charge in [0.2, 0.25) is 6.10 Å². The van der Waals surface area contributed by atoms with Crippen LogP contribution in [0.3, 0.4) is 0 Å². The molecule has 3 rings (SSSR count). The summed E-state index contributed by atoms with van der Waals surface area (Å²) in [6.07, 6.45) is -6.51. The minimum atomic E-state index is -4.88. The summed E-state index contributed by atoms with van der Waals surface area (Å²) in [5.41, 5.74) is 0.0922. The van der Waals surface area contributed by atoms with Gasteiger partial charge < -0.3 is 14.6 Å². The van der Waals surface area contributed by atoms with Crippen LogP contribution in [0.1, 0.15) is 5.56 Å². The Morgan fingerprint density at radius 1 is 1.27 bits per heavy atom. The predicted octanol–water partition coefficient (Wildman–Crippen LogP) is 4.81. The zero-order chi connectivity index (χ0) is 19.1. The highest BCUT2D eigenvalue weighted by Gasteiger charge is 2.48. The lowest BCUT2D eigenvalue weighted by atomic mass is 9.95. The summed E-state index contributed by atoms with van der Waals surface area (Å²) in [5.74, 6) is -1.29. The first-order valence-electron chi connectivity index (χ1n) is 7.37. The van der Waals surface area contributed by atoms with Gasteiger partial charge in [-0.1, -0.05) is 23.7 Å². The third-order valence-corrected chi connectivity index (χ3v) is 4.05. The average molecular weight is 385 g/mol. The molecule has 0 bridgehead atoms. The van der Waals surface area contributed by atoms with E-state index in [1.807, 2.05) is 0 Å². The van der Waals surface area contributed by atoms with Crippen molar-refractivity contribution in [2.45, 2.75) is 12.3 Å². The number of benzene rings is 2. The molecule has 2 aromatic carbocycles. The Kier molecular flexibility index (Phi) is 4.58. The van der Waals surface area contributed by atoms with Crippen molar-refractivity contribution in [1.29, 1.82) is 0 Å². The van der Waals surface area contributed by atoms with Crippen LogP contribution in [0.5, 0.6) is 11.5 Å². The minimum absolute atomic E-state index is 0.0880. The Hall–Kier alpha value is -2.67. The first kappa shape index (κ1) is 18.1. The van der Waals surface area contributed by atoms with Gasteiger partial charge in [-0.15, -0.1) is 0 Å². The summed E-state index contributed by atoms with van der Waals surface area (Å²) < 4.78 is 50.1. The number of carbonyl (C=O) groups is 1. The second-order valence-electron chi connectivity index (χ2n) is 5.55. The maximum atomic E-state index is 13.3. The molecule has 0 amide bonds. The molecule has 1 atom stereocenters. The van der Waals surface area contributed by atoms with E-state index in [1.54, 1.807) is 24.3 Å². The molecule has 1 aliphatic heterocycles. The summed E-state index contributed by atoms with van der Waals surface area (Å²) in [6.45, 7) is 0. The number of aliphatic carboxylic acids is 1. The molecular weight excluding hydrogens is 373 g/mol. The fourth-order valence-corrected chi connectivity index (χ4v) is 2.93. The lowest BCUT2D eigenvalue weighted by molar-refractivity contribution is -0.187. The molecule has 0 unspecified atom stereocenters. The van der Waals surface area contributed by atoms with Gasteiger partial charge in [0, 0.05) is 16.1 Å². The fourth-order valence-electron chi connectivity index (χ4n) is 2.70. The van der Waals surface area contributed by atoms with Crippen molar-refractivity contribution in [2.75, 3.05) is 7.11 Å². The number of hydrogen-bond acceptors (Lipinski definition) is 3. The summed E-state index contributed by atoms with van der Waals surface area (Å²) >= 11 is 6.07.